The molecule has 0 atom stereocenters. The van der Waals surface area contributed by atoms with E-state index >= 15 is 0 Å². The van der Waals surface area contributed by atoms with Gasteiger partial charge in [-0.15, -0.1) is 0 Å². The minimum atomic E-state index is -0.0765. The first-order valence-corrected chi connectivity index (χ1v) is 8.19. The zero-order valence-electron chi connectivity index (χ0n) is 10.4. The number of hydrogen-bond donors (Lipinski definition) is 1. The summed E-state index contributed by atoms with van der Waals surface area (Å²) < 4.78 is 6.27. The van der Waals surface area contributed by atoms with Gasteiger partial charge in [0.05, 0.1) is 17.5 Å². The summed E-state index contributed by atoms with van der Waals surface area (Å²) in [5.74, 6) is 0.866. The molecule has 18 heavy (non-hydrogen) atoms. The third kappa shape index (κ3) is 1.69. The van der Waals surface area contributed by atoms with Crippen molar-refractivity contribution in [2.75, 3.05) is 12.4 Å². The van der Waals surface area contributed by atoms with Crippen LogP contribution in [0.3, 0.4) is 0 Å². The maximum atomic E-state index is 5.48. The third-order valence-electron chi connectivity index (χ3n) is 3.14. The SMILES string of the molecule is COc1ccc2c(c1)NC(C)(C)c1ssc(=S)c1-2. The zero-order valence-corrected chi connectivity index (χ0v) is 12.8. The molecule has 0 saturated carbocycles. The first kappa shape index (κ1) is 12.1. The van der Waals surface area contributed by atoms with Gasteiger partial charge in [0.25, 0.3) is 0 Å². The van der Waals surface area contributed by atoms with Crippen LogP contribution >= 0.6 is 32.9 Å². The average molecular weight is 295 g/mol. The van der Waals surface area contributed by atoms with Crippen LogP contribution in [-0.2, 0) is 5.54 Å². The average Bonchev–Trinajstić information content (AvgIpc) is 2.71. The Kier molecular flexibility index (Phi) is 2.73. The fraction of sp³-hybridized carbons (Fsp3) is 0.308. The molecule has 1 aromatic carbocycles. The van der Waals surface area contributed by atoms with Gasteiger partial charge in [-0.1, -0.05) is 32.9 Å². The van der Waals surface area contributed by atoms with Crippen molar-refractivity contribution < 1.29 is 4.74 Å². The largest absolute Gasteiger partial charge is 0.497 e. The molecule has 0 aliphatic carbocycles. The fourth-order valence-corrected chi connectivity index (χ4v) is 5.53. The molecule has 3 rings (SSSR count). The Balaban J connectivity index is 2.31. The summed E-state index contributed by atoms with van der Waals surface area (Å²) in [6, 6.07) is 6.11. The number of ether oxygens (including phenoxy) is 1. The molecule has 0 bridgehead atoms. The summed E-state index contributed by atoms with van der Waals surface area (Å²) in [6.45, 7) is 4.37. The van der Waals surface area contributed by atoms with Crippen LogP contribution in [0.1, 0.15) is 18.7 Å². The van der Waals surface area contributed by atoms with E-state index < -0.39 is 0 Å². The number of fused-ring (bicyclic) bond motifs is 3. The molecule has 0 amide bonds. The Bertz CT molecular complexity index is 669. The van der Waals surface area contributed by atoms with E-state index in [1.165, 1.54) is 16.0 Å². The molecule has 5 heteroatoms. The molecule has 94 valence electrons. The van der Waals surface area contributed by atoms with Gasteiger partial charge in [0, 0.05) is 22.9 Å². The molecule has 2 heterocycles. The van der Waals surface area contributed by atoms with Crippen molar-refractivity contribution in [1.82, 2.24) is 0 Å². The summed E-state index contributed by atoms with van der Waals surface area (Å²) in [7, 11) is 5.14. The zero-order chi connectivity index (χ0) is 12.9. The van der Waals surface area contributed by atoms with Crippen molar-refractivity contribution in [2.45, 2.75) is 19.4 Å². The van der Waals surface area contributed by atoms with Crippen LogP contribution in [0.25, 0.3) is 11.1 Å². The van der Waals surface area contributed by atoms with Crippen molar-refractivity contribution >= 4 is 38.6 Å². The van der Waals surface area contributed by atoms with Gasteiger partial charge < -0.3 is 10.1 Å². The second kappa shape index (κ2) is 4.05. The van der Waals surface area contributed by atoms with Crippen LogP contribution in [0.15, 0.2) is 18.2 Å². The lowest BCUT2D eigenvalue weighted by Gasteiger charge is -2.33. The smallest absolute Gasteiger partial charge is 0.120 e. The van der Waals surface area contributed by atoms with Crippen LogP contribution in [0, 0.1) is 3.82 Å². The quantitative estimate of drug-likeness (QED) is 0.599. The number of hydrogen-bond acceptors (Lipinski definition) is 5. The molecule has 0 saturated heterocycles. The van der Waals surface area contributed by atoms with Gasteiger partial charge in [-0.25, -0.2) is 0 Å². The van der Waals surface area contributed by atoms with Crippen LogP contribution in [0.5, 0.6) is 5.75 Å². The molecular formula is C13H13NOS3. The molecule has 0 unspecified atom stereocenters. The maximum Gasteiger partial charge on any atom is 0.120 e. The predicted molar refractivity (Wildman–Crippen MR) is 81.7 cm³/mol. The first-order valence-electron chi connectivity index (χ1n) is 5.63. The minimum absolute atomic E-state index is 0.0765. The second-order valence-electron chi connectivity index (χ2n) is 4.82. The van der Waals surface area contributed by atoms with Gasteiger partial charge in [-0.2, -0.15) is 0 Å². The molecule has 1 aromatic heterocycles. The van der Waals surface area contributed by atoms with Gasteiger partial charge in [-0.05, 0) is 26.0 Å². The standard InChI is InChI=1S/C13H13NOS3/c1-13(2)11-10(12(16)18-17-11)8-5-4-7(15-3)6-9(8)14-13/h4-6,14H,1-3H3. The highest BCUT2D eigenvalue weighted by molar-refractivity contribution is 7.80. The summed E-state index contributed by atoms with van der Waals surface area (Å²) in [5, 5.41) is 3.57. The van der Waals surface area contributed by atoms with E-state index in [9.17, 15) is 0 Å². The van der Waals surface area contributed by atoms with E-state index in [2.05, 4.69) is 25.2 Å². The Morgan fingerprint density at radius 1 is 1.28 bits per heavy atom. The number of methoxy groups -OCH3 is 1. The van der Waals surface area contributed by atoms with Gasteiger partial charge in [0.2, 0.25) is 0 Å². The molecule has 1 N–H and O–H groups in total. The molecule has 0 fully saturated rings. The van der Waals surface area contributed by atoms with Crippen molar-refractivity contribution in [2.24, 2.45) is 0 Å². The van der Waals surface area contributed by atoms with Crippen LogP contribution < -0.4 is 10.1 Å². The monoisotopic (exact) mass is 295 g/mol. The van der Waals surface area contributed by atoms with E-state index in [1.54, 1.807) is 27.8 Å². The Morgan fingerprint density at radius 2 is 2.06 bits per heavy atom. The molecule has 2 aromatic rings. The van der Waals surface area contributed by atoms with E-state index in [-0.39, 0.29) is 5.54 Å². The molecule has 0 radical (unpaired) electrons. The van der Waals surface area contributed by atoms with Crippen LogP contribution in [0.2, 0.25) is 0 Å². The van der Waals surface area contributed by atoms with Crippen molar-refractivity contribution in [3.05, 3.63) is 26.9 Å². The van der Waals surface area contributed by atoms with Crippen molar-refractivity contribution in [1.29, 1.82) is 0 Å². The van der Waals surface area contributed by atoms with E-state index in [4.69, 9.17) is 17.0 Å². The lowest BCUT2D eigenvalue weighted by molar-refractivity contribution is 0.415. The van der Waals surface area contributed by atoms with Crippen LogP contribution in [0.4, 0.5) is 5.69 Å². The van der Waals surface area contributed by atoms with E-state index in [0.717, 1.165) is 15.3 Å². The minimum Gasteiger partial charge on any atom is -0.497 e. The molecular weight excluding hydrogens is 282 g/mol. The van der Waals surface area contributed by atoms with Gasteiger partial charge >= 0.3 is 0 Å². The topological polar surface area (TPSA) is 21.3 Å². The third-order valence-corrected chi connectivity index (χ3v) is 6.48. The Morgan fingerprint density at radius 3 is 2.78 bits per heavy atom. The summed E-state index contributed by atoms with van der Waals surface area (Å²) in [5.41, 5.74) is 3.44. The Labute approximate surface area is 119 Å². The fourth-order valence-electron chi connectivity index (χ4n) is 2.27. The molecule has 2 nitrogen and oxygen atoms in total. The van der Waals surface area contributed by atoms with Gasteiger partial charge in [0.1, 0.15) is 9.57 Å². The lowest BCUT2D eigenvalue weighted by atomic mass is 9.90. The van der Waals surface area contributed by atoms with Crippen LogP contribution in [-0.4, -0.2) is 7.11 Å². The highest BCUT2D eigenvalue weighted by Crippen LogP contribution is 2.49. The number of nitrogens with one attached hydrogen (secondary N) is 1. The van der Waals surface area contributed by atoms with E-state index in [1.807, 2.05) is 12.1 Å². The molecule has 1 aliphatic rings. The number of anilines is 1. The summed E-state index contributed by atoms with van der Waals surface area (Å²) in [4.78, 5) is 1.33. The van der Waals surface area contributed by atoms with Crippen molar-refractivity contribution in [3.63, 3.8) is 0 Å². The Hall–Kier alpha value is -0.910. The first-order chi connectivity index (χ1) is 8.53. The summed E-state index contributed by atoms with van der Waals surface area (Å²) >= 11 is 5.48. The highest BCUT2D eigenvalue weighted by atomic mass is 32.9. The highest BCUT2D eigenvalue weighted by Gasteiger charge is 2.33. The number of rotatable bonds is 1. The second-order valence-corrected chi connectivity index (χ2v) is 7.64. The summed E-state index contributed by atoms with van der Waals surface area (Å²) in [6.07, 6.45) is 0. The van der Waals surface area contributed by atoms with E-state index in [0.29, 0.717) is 0 Å². The number of benzene rings is 1. The normalized spacial score (nSPS) is 15.5. The lowest BCUT2D eigenvalue weighted by Crippen LogP contribution is -2.30. The molecule has 1 aliphatic heterocycles. The van der Waals surface area contributed by atoms with Gasteiger partial charge in [0.15, 0.2) is 0 Å². The van der Waals surface area contributed by atoms with Crippen molar-refractivity contribution in [3.8, 4) is 16.9 Å². The maximum absolute atomic E-state index is 5.48. The predicted octanol–water partition coefficient (Wildman–Crippen LogP) is 4.88. The van der Waals surface area contributed by atoms with Gasteiger partial charge in [-0.3, -0.25) is 0 Å². The molecule has 0 spiro atoms.